The minimum Gasteiger partial charge on any atom is -0.325 e. The van der Waals surface area contributed by atoms with Crippen LogP contribution in [0, 0.1) is 23.0 Å². The van der Waals surface area contributed by atoms with Crippen LogP contribution in [0.4, 0.5) is 18.9 Å². The minimum absolute atomic E-state index is 0.247. The number of carbonyl (C=O) groups excluding carboxylic acids is 3. The Balaban J connectivity index is 2.22. The quantitative estimate of drug-likeness (QED) is 0.853. The van der Waals surface area contributed by atoms with Gasteiger partial charge in [-0.1, -0.05) is 13.8 Å². The number of halogens is 3. The molecule has 118 valence electrons. The number of amides is 1. The van der Waals surface area contributed by atoms with E-state index >= 15 is 0 Å². The van der Waals surface area contributed by atoms with E-state index in [9.17, 15) is 27.6 Å². The Bertz CT molecular complexity index is 637. The summed E-state index contributed by atoms with van der Waals surface area (Å²) in [7, 11) is 0. The van der Waals surface area contributed by atoms with Crippen molar-refractivity contribution in [2.75, 3.05) is 5.32 Å². The number of alkyl halides is 1. The van der Waals surface area contributed by atoms with E-state index in [4.69, 9.17) is 0 Å². The summed E-state index contributed by atoms with van der Waals surface area (Å²) in [6, 6.07) is 2.26. The van der Waals surface area contributed by atoms with Crippen LogP contribution in [0.2, 0.25) is 0 Å². The smallest absolute Gasteiger partial charge is 0.242 e. The number of rotatable bonds is 2. The molecule has 1 amide bonds. The van der Waals surface area contributed by atoms with Crippen LogP contribution in [-0.4, -0.2) is 23.6 Å². The molecule has 0 aliphatic heterocycles. The fraction of sp³-hybridized carbons (Fsp3) is 0.400. The maximum atomic E-state index is 14.0. The second-order valence-corrected chi connectivity index (χ2v) is 5.98. The van der Waals surface area contributed by atoms with Crippen LogP contribution in [-0.2, 0) is 14.4 Å². The fourth-order valence-electron chi connectivity index (χ4n) is 2.45. The van der Waals surface area contributed by atoms with Crippen LogP contribution in [0.1, 0.15) is 20.3 Å². The summed E-state index contributed by atoms with van der Waals surface area (Å²) in [5, 5.41) is 2.07. The molecule has 1 aromatic carbocycles. The van der Waals surface area contributed by atoms with E-state index in [0.717, 1.165) is 12.1 Å². The molecule has 0 aromatic heterocycles. The van der Waals surface area contributed by atoms with Gasteiger partial charge in [0, 0.05) is 23.6 Å². The van der Waals surface area contributed by atoms with Gasteiger partial charge >= 0.3 is 0 Å². The fourth-order valence-corrected chi connectivity index (χ4v) is 2.45. The number of hydrogen-bond donors (Lipinski definition) is 1. The van der Waals surface area contributed by atoms with Gasteiger partial charge in [0.25, 0.3) is 0 Å². The zero-order valence-electron chi connectivity index (χ0n) is 12.0. The third-order valence-corrected chi connectivity index (χ3v) is 3.56. The van der Waals surface area contributed by atoms with E-state index < -0.39 is 46.6 Å². The predicted octanol–water partition coefficient (Wildman–Crippen LogP) is 2.43. The number of carbonyl (C=O) groups is 3. The minimum atomic E-state index is -1.95. The highest BCUT2D eigenvalue weighted by atomic mass is 19.1. The molecule has 22 heavy (non-hydrogen) atoms. The summed E-state index contributed by atoms with van der Waals surface area (Å²) in [4.78, 5) is 35.9. The first-order valence-electron chi connectivity index (χ1n) is 6.59. The first-order valence-corrected chi connectivity index (χ1v) is 6.59. The first kappa shape index (κ1) is 16.2. The molecule has 7 heteroatoms. The highest BCUT2D eigenvalue weighted by molar-refractivity contribution is 6.24. The standard InChI is InChI=1S/C15H14F3NO3/c1-15(2)6-10(20)11(12(21)13(15)18)14(22)19-9-4-7(16)3-8(17)5-9/h3-5,11,13H,6H2,1-2H3,(H,19,22). The molecular weight excluding hydrogens is 299 g/mol. The summed E-state index contributed by atoms with van der Waals surface area (Å²) < 4.78 is 40.1. The summed E-state index contributed by atoms with van der Waals surface area (Å²) in [5.41, 5.74) is -1.42. The lowest BCUT2D eigenvalue weighted by molar-refractivity contribution is -0.149. The summed E-state index contributed by atoms with van der Waals surface area (Å²) in [6.45, 7) is 2.84. The Morgan fingerprint density at radius 3 is 2.27 bits per heavy atom. The van der Waals surface area contributed by atoms with Crippen molar-refractivity contribution in [2.45, 2.75) is 26.4 Å². The summed E-state index contributed by atoms with van der Waals surface area (Å²) in [5.74, 6) is -6.58. The molecule has 0 bridgehead atoms. The molecule has 0 saturated heterocycles. The van der Waals surface area contributed by atoms with Crippen molar-refractivity contribution in [3.63, 3.8) is 0 Å². The highest BCUT2D eigenvalue weighted by Gasteiger charge is 2.51. The van der Waals surface area contributed by atoms with Gasteiger partial charge in [0.1, 0.15) is 11.6 Å². The molecule has 1 fully saturated rings. The average molecular weight is 313 g/mol. The Morgan fingerprint density at radius 1 is 1.18 bits per heavy atom. The topological polar surface area (TPSA) is 63.2 Å². The third-order valence-electron chi connectivity index (χ3n) is 3.56. The van der Waals surface area contributed by atoms with Crippen molar-refractivity contribution < 1.29 is 27.6 Å². The molecule has 1 aliphatic carbocycles. The average Bonchev–Trinajstić information content (AvgIpc) is 2.34. The molecule has 0 heterocycles. The monoisotopic (exact) mass is 313 g/mol. The van der Waals surface area contributed by atoms with Crippen LogP contribution < -0.4 is 5.32 Å². The van der Waals surface area contributed by atoms with Crippen molar-refractivity contribution in [1.82, 2.24) is 0 Å². The first-order chi connectivity index (χ1) is 10.1. The zero-order valence-corrected chi connectivity index (χ0v) is 12.0. The predicted molar refractivity (Wildman–Crippen MR) is 71.8 cm³/mol. The molecular formula is C15H14F3NO3. The van der Waals surface area contributed by atoms with Crippen LogP contribution >= 0.6 is 0 Å². The molecule has 0 spiro atoms. The van der Waals surface area contributed by atoms with Gasteiger partial charge in [-0.2, -0.15) is 0 Å². The van der Waals surface area contributed by atoms with Crippen molar-refractivity contribution in [2.24, 2.45) is 11.3 Å². The van der Waals surface area contributed by atoms with Gasteiger partial charge in [-0.3, -0.25) is 14.4 Å². The van der Waals surface area contributed by atoms with Crippen molar-refractivity contribution in [1.29, 1.82) is 0 Å². The van der Waals surface area contributed by atoms with Gasteiger partial charge in [0.05, 0.1) is 0 Å². The Labute approximate surface area is 124 Å². The van der Waals surface area contributed by atoms with Crippen LogP contribution in [0.15, 0.2) is 18.2 Å². The molecule has 2 atom stereocenters. The Morgan fingerprint density at radius 2 is 1.73 bits per heavy atom. The Kier molecular flexibility index (Phi) is 4.08. The van der Waals surface area contributed by atoms with Gasteiger partial charge in [-0.15, -0.1) is 0 Å². The molecule has 1 N–H and O–H groups in total. The van der Waals surface area contributed by atoms with Crippen LogP contribution in [0.3, 0.4) is 0 Å². The lowest BCUT2D eigenvalue weighted by Gasteiger charge is -2.34. The van der Waals surface area contributed by atoms with Gasteiger partial charge in [-0.05, 0) is 12.1 Å². The molecule has 1 aliphatic rings. The van der Waals surface area contributed by atoms with Crippen LogP contribution in [0.25, 0.3) is 0 Å². The van der Waals surface area contributed by atoms with Crippen molar-refractivity contribution in [3.05, 3.63) is 29.8 Å². The normalized spacial score (nSPS) is 24.2. The SMILES string of the molecule is CC1(C)CC(=O)C(C(=O)Nc2cc(F)cc(F)c2)C(=O)C1F. The lowest BCUT2D eigenvalue weighted by atomic mass is 9.70. The molecule has 1 saturated carbocycles. The van der Waals surface area contributed by atoms with Gasteiger partial charge in [0.15, 0.2) is 23.7 Å². The summed E-state index contributed by atoms with van der Waals surface area (Å²) >= 11 is 0. The Hall–Kier alpha value is -2.18. The van der Waals surface area contributed by atoms with Gasteiger partial charge < -0.3 is 5.32 Å². The second kappa shape index (κ2) is 5.55. The number of anilines is 1. The van der Waals surface area contributed by atoms with E-state index in [1.807, 2.05) is 0 Å². The maximum absolute atomic E-state index is 14.0. The number of ketones is 2. The van der Waals surface area contributed by atoms with E-state index in [0.29, 0.717) is 6.07 Å². The van der Waals surface area contributed by atoms with Crippen molar-refractivity contribution in [3.8, 4) is 0 Å². The maximum Gasteiger partial charge on any atom is 0.242 e. The van der Waals surface area contributed by atoms with Crippen LogP contribution in [0.5, 0.6) is 0 Å². The van der Waals surface area contributed by atoms with Gasteiger partial charge in [-0.25, -0.2) is 13.2 Å². The summed E-state index contributed by atoms with van der Waals surface area (Å²) in [6.07, 6.45) is -2.22. The van der Waals surface area contributed by atoms with E-state index in [1.54, 1.807) is 0 Å². The van der Waals surface area contributed by atoms with E-state index in [2.05, 4.69) is 5.32 Å². The molecule has 1 aromatic rings. The van der Waals surface area contributed by atoms with E-state index in [1.165, 1.54) is 13.8 Å². The molecule has 2 unspecified atom stereocenters. The zero-order chi connectivity index (χ0) is 16.7. The third kappa shape index (κ3) is 3.03. The van der Waals surface area contributed by atoms with E-state index in [-0.39, 0.29) is 12.1 Å². The number of hydrogen-bond acceptors (Lipinski definition) is 3. The molecule has 0 radical (unpaired) electrons. The number of Topliss-reactive ketones (excluding diaryl/α,β-unsaturated/α-hetero) is 2. The lowest BCUT2D eigenvalue weighted by Crippen LogP contribution is -2.51. The molecule has 4 nitrogen and oxygen atoms in total. The van der Waals surface area contributed by atoms with Gasteiger partial charge in [0.2, 0.25) is 5.91 Å². The van der Waals surface area contributed by atoms with Crippen molar-refractivity contribution >= 4 is 23.2 Å². The number of benzene rings is 1. The largest absolute Gasteiger partial charge is 0.325 e. The highest BCUT2D eigenvalue weighted by Crippen LogP contribution is 2.36. The second-order valence-electron chi connectivity index (χ2n) is 5.98. The number of nitrogens with one attached hydrogen (secondary N) is 1. The molecule has 2 rings (SSSR count).